The molecule has 448 valence electrons. The van der Waals surface area contributed by atoms with Crippen molar-refractivity contribution in [2.45, 2.75) is 267 Å². The third kappa shape index (κ3) is 19.8. The molecule has 0 aliphatic rings. The van der Waals surface area contributed by atoms with Crippen LogP contribution in [0, 0.1) is 25.7 Å². The summed E-state index contributed by atoms with van der Waals surface area (Å²) in [4.78, 5) is 33.9. The number of fused-ring (bicyclic) bond motifs is 3. The number of carbonyl (C=O) groups is 1. The minimum Gasteiger partial charge on any atom is -0.491 e. The second-order valence-corrected chi connectivity index (χ2v) is 30.0. The summed E-state index contributed by atoms with van der Waals surface area (Å²) in [6, 6.07) is 9.11. The molecule has 81 heavy (non-hydrogen) atoms. The van der Waals surface area contributed by atoms with Crippen LogP contribution < -0.4 is 9.47 Å². The fourth-order valence-corrected chi connectivity index (χ4v) is 18.1. The van der Waals surface area contributed by atoms with E-state index in [4.69, 9.17) is 24.2 Å². The van der Waals surface area contributed by atoms with E-state index in [1.54, 1.807) is 45.3 Å². The Labute approximate surface area is 514 Å². The van der Waals surface area contributed by atoms with Gasteiger partial charge < -0.3 is 14.2 Å². The van der Waals surface area contributed by atoms with Crippen molar-refractivity contribution in [1.82, 2.24) is 9.97 Å². The third-order valence-electron chi connectivity index (χ3n) is 16.5. The molecule has 0 saturated carbocycles. The van der Waals surface area contributed by atoms with Gasteiger partial charge >= 0.3 is 5.97 Å². The van der Waals surface area contributed by atoms with Gasteiger partial charge in [-0.2, -0.15) is 0 Å². The first-order valence-electron chi connectivity index (χ1n) is 32.6. The molecular weight excluding hydrogens is 1110 g/mol. The van der Waals surface area contributed by atoms with Gasteiger partial charge in [-0.3, -0.25) is 0 Å². The maximum Gasteiger partial charge on any atom is 0.339 e. The summed E-state index contributed by atoms with van der Waals surface area (Å²) < 4.78 is 22.6. The minimum absolute atomic E-state index is 0.264. The average molecular weight is 1220 g/mol. The van der Waals surface area contributed by atoms with Crippen molar-refractivity contribution in [2.24, 2.45) is 11.8 Å². The van der Waals surface area contributed by atoms with Crippen LogP contribution in [0.4, 0.5) is 0 Å². The molecule has 1 aromatic carbocycles. The smallest absolute Gasteiger partial charge is 0.339 e. The second-order valence-electron chi connectivity index (χ2n) is 23.4. The second kappa shape index (κ2) is 36.2. The van der Waals surface area contributed by atoms with E-state index in [-0.39, 0.29) is 5.97 Å². The number of aromatic nitrogens is 2. The third-order valence-corrected chi connectivity index (χ3v) is 23.5. The Morgan fingerprint density at radius 3 is 1.42 bits per heavy atom. The Morgan fingerprint density at radius 1 is 0.457 bits per heavy atom. The van der Waals surface area contributed by atoms with Crippen molar-refractivity contribution in [3.05, 3.63) is 45.1 Å². The van der Waals surface area contributed by atoms with Crippen LogP contribution in [0.3, 0.4) is 0 Å². The average Bonchev–Trinajstić information content (AvgIpc) is 4.36. The number of hydrogen-bond acceptors (Lipinski definition) is 12. The largest absolute Gasteiger partial charge is 0.491 e. The van der Waals surface area contributed by atoms with Crippen molar-refractivity contribution in [2.75, 3.05) is 19.8 Å². The molecule has 12 heteroatoms. The molecule has 0 saturated heterocycles. The van der Waals surface area contributed by atoms with E-state index < -0.39 is 0 Å². The van der Waals surface area contributed by atoms with E-state index in [0.717, 1.165) is 93.4 Å². The predicted octanol–water partition coefficient (Wildman–Crippen LogP) is 25.2. The normalized spacial score (nSPS) is 12.7. The Balaban J connectivity index is 1.13. The van der Waals surface area contributed by atoms with Crippen LogP contribution in [0.1, 0.15) is 273 Å². The molecule has 7 rings (SSSR count). The fourth-order valence-electron chi connectivity index (χ4n) is 11.4. The zero-order valence-electron chi connectivity index (χ0n) is 51.4. The quantitative estimate of drug-likeness (QED) is 0.0280. The van der Waals surface area contributed by atoms with Gasteiger partial charge in [-0.1, -0.05) is 244 Å². The fraction of sp³-hybridized carbons (Fsp3) is 0.667. The Bertz CT molecular complexity index is 2790. The van der Waals surface area contributed by atoms with E-state index >= 15 is 0 Å². The summed E-state index contributed by atoms with van der Waals surface area (Å²) in [5.41, 5.74) is 2.02. The van der Waals surface area contributed by atoms with Gasteiger partial charge in [0.1, 0.15) is 21.5 Å². The highest BCUT2D eigenvalue weighted by atomic mass is 32.1. The molecule has 6 heterocycles. The van der Waals surface area contributed by atoms with E-state index in [1.807, 2.05) is 22.7 Å². The molecule has 0 aliphatic heterocycles. The van der Waals surface area contributed by atoms with E-state index in [9.17, 15) is 4.79 Å². The van der Waals surface area contributed by atoms with Crippen LogP contribution in [0.5, 0.6) is 11.5 Å². The maximum atomic E-state index is 14.5. The number of carbonyl (C=O) groups excluding carboxylic acids is 1. The Hall–Kier alpha value is -2.87. The number of thiazole rings is 2. The Kier molecular flexibility index (Phi) is 29.3. The van der Waals surface area contributed by atoms with Gasteiger partial charge in [-0.15, -0.1) is 45.3 Å². The lowest BCUT2D eigenvalue weighted by atomic mass is 10.0. The highest BCUT2D eigenvalue weighted by Crippen LogP contribution is 2.53. The van der Waals surface area contributed by atoms with Gasteiger partial charge in [0.25, 0.3) is 0 Å². The summed E-state index contributed by atoms with van der Waals surface area (Å²) in [6.45, 7) is 20.0. The van der Waals surface area contributed by atoms with Crippen molar-refractivity contribution in [1.29, 1.82) is 0 Å². The van der Waals surface area contributed by atoms with Gasteiger partial charge in [0.05, 0.1) is 44.5 Å². The number of rotatable bonds is 44. The summed E-state index contributed by atoms with van der Waals surface area (Å²) in [6.07, 6.45) is 42.0. The van der Waals surface area contributed by atoms with Crippen LogP contribution in [0.2, 0.25) is 0 Å². The molecule has 2 atom stereocenters. The van der Waals surface area contributed by atoms with Crippen molar-refractivity contribution < 1.29 is 19.0 Å². The first kappa shape index (κ1) is 65.7. The van der Waals surface area contributed by atoms with Crippen LogP contribution in [0.25, 0.3) is 59.4 Å². The first-order valence-corrected chi connectivity index (χ1v) is 37.5. The molecule has 0 fully saturated rings. The molecule has 0 aliphatic carbocycles. The van der Waals surface area contributed by atoms with E-state index in [1.165, 1.54) is 205 Å². The monoisotopic (exact) mass is 1210 g/mol. The summed E-state index contributed by atoms with van der Waals surface area (Å²) in [5, 5.41) is 4.16. The molecule has 0 N–H and O–H groups in total. The molecule has 0 spiro atoms. The van der Waals surface area contributed by atoms with Crippen LogP contribution in [-0.4, -0.2) is 35.8 Å². The number of benzene rings is 1. The number of nitrogens with zero attached hydrogens (tertiary/aromatic N) is 2. The lowest BCUT2D eigenvalue weighted by Crippen LogP contribution is -2.12. The number of unbranched alkanes of at least 4 members (excludes halogenated alkanes) is 24. The number of esters is 1. The zero-order chi connectivity index (χ0) is 57.2. The number of thiophene rings is 4. The molecule has 6 nitrogen and oxygen atoms in total. The van der Waals surface area contributed by atoms with E-state index in [2.05, 4.69) is 79.7 Å². The summed E-state index contributed by atoms with van der Waals surface area (Å²) in [7, 11) is 0. The maximum absolute atomic E-state index is 14.5. The molecule has 0 amide bonds. The Morgan fingerprint density at radius 2 is 0.901 bits per heavy atom. The van der Waals surface area contributed by atoms with Crippen molar-refractivity contribution in [3.63, 3.8) is 0 Å². The highest BCUT2D eigenvalue weighted by molar-refractivity contribution is 7.33. The molecule has 6 aromatic heterocycles. The number of hydrogen-bond donors (Lipinski definition) is 0. The van der Waals surface area contributed by atoms with Crippen LogP contribution in [0.15, 0.2) is 24.3 Å². The van der Waals surface area contributed by atoms with Gasteiger partial charge in [-0.05, 0) is 87.6 Å². The van der Waals surface area contributed by atoms with E-state index in [0.29, 0.717) is 37.2 Å². The number of ether oxygens (including phenoxy) is 3. The van der Waals surface area contributed by atoms with Crippen LogP contribution in [-0.2, 0) is 11.2 Å². The topological polar surface area (TPSA) is 70.5 Å². The first-order chi connectivity index (χ1) is 39.7. The highest BCUT2D eigenvalue weighted by Gasteiger charge is 2.28. The van der Waals surface area contributed by atoms with Gasteiger partial charge in [-0.25, -0.2) is 14.8 Å². The minimum atomic E-state index is -0.264. The van der Waals surface area contributed by atoms with Crippen molar-refractivity contribution in [3.8, 4) is 41.0 Å². The predicted molar refractivity (Wildman–Crippen MR) is 361 cm³/mol. The zero-order valence-corrected chi connectivity index (χ0v) is 56.3. The molecule has 0 radical (unpaired) electrons. The van der Waals surface area contributed by atoms with Crippen LogP contribution >= 0.6 is 68.0 Å². The summed E-state index contributed by atoms with van der Waals surface area (Å²) in [5.74, 6) is 2.67. The lowest BCUT2D eigenvalue weighted by molar-refractivity contribution is 0.0499. The molecular formula is C69H102N2O4S6. The number of aryl methyl sites for hydroxylation is 3. The standard InChI is InChI=1S/C69H102N2O4S6/c1-9-15-19-21-23-25-27-29-31-33-35-37-41-53-43-49(7)76-61(53)65-70-67-68(80-65)71-66(81-67)64-56(69(72)73-42-38-36-34-32-30-28-26-24-22-20-16-10-2)46-58(79-64)57-45-55-60(75-48-52(14-6)40-18-12-4)62-54(44-50(8)77-62)59(63(55)78-57)74-47-51(13-5)39-17-11-3/h43-46,51-52H,9-42,47-48H2,1-8H3. The molecule has 0 bridgehead atoms. The van der Waals surface area contributed by atoms with Crippen molar-refractivity contribution >= 4 is 104 Å². The SMILES string of the molecule is CCCCCCCCCCCCCCOC(=O)c1cc(-c2cc3c(OCC(CC)CCCC)c4sc(C)cc4c(OCC(CC)CCCC)c3s2)sc1-c1nc2sc(-c3sc(C)cc3CCCCCCCCCCCCCC)nc2s1. The summed E-state index contributed by atoms with van der Waals surface area (Å²) >= 11 is 10.4. The lowest BCUT2D eigenvalue weighted by Gasteiger charge is -2.19. The van der Waals surface area contributed by atoms with Gasteiger partial charge in [0.2, 0.25) is 0 Å². The molecule has 7 aromatic rings. The molecule has 2 unspecified atom stereocenters. The van der Waals surface area contributed by atoms with Gasteiger partial charge in [0, 0.05) is 30.3 Å². The van der Waals surface area contributed by atoms with Gasteiger partial charge in [0.15, 0.2) is 9.66 Å².